The van der Waals surface area contributed by atoms with Crippen LogP contribution in [0.4, 0.5) is 0 Å². The highest BCUT2D eigenvalue weighted by Gasteiger charge is 2.54. The fourth-order valence-electron chi connectivity index (χ4n) is 5.94. The zero-order valence-electron chi connectivity index (χ0n) is 17.2. The van der Waals surface area contributed by atoms with Crippen molar-refractivity contribution in [3.05, 3.63) is 35.4 Å². The van der Waals surface area contributed by atoms with Crippen molar-refractivity contribution in [3.8, 4) is 0 Å². The quantitative estimate of drug-likeness (QED) is 0.686. The van der Waals surface area contributed by atoms with Crippen LogP contribution in [0, 0.1) is 23.2 Å². The Bertz CT molecular complexity index is 793. The van der Waals surface area contributed by atoms with Crippen LogP contribution in [0.15, 0.2) is 24.3 Å². The predicted octanol–water partition coefficient (Wildman–Crippen LogP) is 3.11. The van der Waals surface area contributed by atoms with E-state index in [0.29, 0.717) is 12.1 Å². The topological polar surface area (TPSA) is 95.5 Å². The molecule has 0 aliphatic heterocycles. The van der Waals surface area contributed by atoms with Gasteiger partial charge in [0.1, 0.15) is 5.54 Å². The fourth-order valence-corrected chi connectivity index (χ4v) is 5.94. The molecule has 0 radical (unpaired) electrons. The average molecular weight is 399 g/mol. The fraction of sp³-hybridized carbons (Fsp3) is 0.609. The van der Waals surface area contributed by atoms with Gasteiger partial charge in [0.25, 0.3) is 5.91 Å². The first-order valence-electron chi connectivity index (χ1n) is 10.6. The molecule has 4 aliphatic carbocycles. The van der Waals surface area contributed by atoms with Crippen molar-refractivity contribution in [2.45, 2.75) is 64.5 Å². The zero-order chi connectivity index (χ0) is 20.8. The van der Waals surface area contributed by atoms with Gasteiger partial charge in [-0.05, 0) is 87.8 Å². The van der Waals surface area contributed by atoms with Crippen molar-refractivity contribution in [2.24, 2.45) is 23.2 Å². The minimum absolute atomic E-state index is 0.156. The summed E-state index contributed by atoms with van der Waals surface area (Å²) in [4.78, 5) is 36.5. The molecule has 4 saturated carbocycles. The summed E-state index contributed by atoms with van der Waals surface area (Å²) in [6.07, 6.45) is 7.08. The van der Waals surface area contributed by atoms with E-state index in [0.717, 1.165) is 42.6 Å². The van der Waals surface area contributed by atoms with Crippen LogP contribution in [0.1, 0.15) is 68.3 Å². The second-order valence-corrected chi connectivity index (χ2v) is 9.96. The number of carbonyl (C=O) groups is 3. The van der Waals surface area contributed by atoms with Crippen LogP contribution >= 0.6 is 0 Å². The molecular weight excluding hydrogens is 368 g/mol. The summed E-state index contributed by atoms with van der Waals surface area (Å²) in [7, 11) is 0. The van der Waals surface area contributed by atoms with E-state index in [2.05, 4.69) is 10.6 Å². The Hall–Kier alpha value is -2.37. The summed E-state index contributed by atoms with van der Waals surface area (Å²) in [5.41, 5.74) is -0.161. The summed E-state index contributed by atoms with van der Waals surface area (Å²) in [6, 6.07) is 6.95. The SMILES string of the molecule is CC(C)(NC(=O)c1ccc(CNC(=O)C23CC4CC(CC(C4)C2)C3)cc1)C(=O)O. The van der Waals surface area contributed by atoms with Crippen molar-refractivity contribution in [3.63, 3.8) is 0 Å². The highest BCUT2D eigenvalue weighted by Crippen LogP contribution is 2.60. The molecular formula is C23H30N2O4. The molecule has 6 heteroatoms. The molecule has 6 nitrogen and oxygen atoms in total. The van der Waals surface area contributed by atoms with Gasteiger partial charge in [0.15, 0.2) is 0 Å². The lowest BCUT2D eigenvalue weighted by Crippen LogP contribution is -2.53. The maximum absolute atomic E-state index is 13.0. The highest BCUT2D eigenvalue weighted by atomic mass is 16.4. The van der Waals surface area contributed by atoms with E-state index in [9.17, 15) is 14.4 Å². The summed E-state index contributed by atoms with van der Waals surface area (Å²) in [5, 5.41) is 14.8. The summed E-state index contributed by atoms with van der Waals surface area (Å²) >= 11 is 0. The summed E-state index contributed by atoms with van der Waals surface area (Å²) in [5.74, 6) is 0.887. The largest absolute Gasteiger partial charge is 0.480 e. The van der Waals surface area contributed by atoms with Crippen molar-refractivity contribution in [1.29, 1.82) is 0 Å². The Morgan fingerprint density at radius 3 is 2.00 bits per heavy atom. The Labute approximate surface area is 171 Å². The highest BCUT2D eigenvalue weighted by molar-refractivity contribution is 5.97. The maximum atomic E-state index is 13.0. The third-order valence-electron chi connectivity index (χ3n) is 7.15. The van der Waals surface area contributed by atoms with Gasteiger partial charge in [-0.25, -0.2) is 4.79 Å². The number of nitrogens with one attached hydrogen (secondary N) is 2. The molecule has 1 aromatic carbocycles. The van der Waals surface area contributed by atoms with E-state index in [4.69, 9.17) is 5.11 Å². The van der Waals surface area contributed by atoms with Crippen molar-refractivity contribution >= 4 is 17.8 Å². The third-order valence-corrected chi connectivity index (χ3v) is 7.15. The molecule has 4 bridgehead atoms. The summed E-state index contributed by atoms with van der Waals surface area (Å²) in [6.45, 7) is 3.34. The van der Waals surface area contributed by atoms with E-state index < -0.39 is 17.4 Å². The minimum atomic E-state index is -1.33. The monoisotopic (exact) mass is 398 g/mol. The molecule has 0 atom stereocenters. The second-order valence-electron chi connectivity index (χ2n) is 9.96. The third kappa shape index (κ3) is 3.89. The van der Waals surface area contributed by atoms with Crippen LogP contribution in [0.3, 0.4) is 0 Å². The molecule has 0 saturated heterocycles. The van der Waals surface area contributed by atoms with Crippen LogP contribution in [0.5, 0.6) is 0 Å². The Balaban J connectivity index is 1.34. The molecule has 3 N–H and O–H groups in total. The molecule has 0 aromatic heterocycles. The van der Waals surface area contributed by atoms with Crippen LogP contribution in [-0.2, 0) is 16.1 Å². The molecule has 5 rings (SSSR count). The number of carboxylic acid groups (broad SMARTS) is 1. The van der Waals surface area contributed by atoms with Crippen LogP contribution in [0.25, 0.3) is 0 Å². The van der Waals surface area contributed by atoms with E-state index >= 15 is 0 Å². The predicted molar refractivity (Wildman–Crippen MR) is 108 cm³/mol. The molecule has 4 aliphatic rings. The maximum Gasteiger partial charge on any atom is 0.328 e. The number of amides is 2. The molecule has 0 spiro atoms. The molecule has 4 fully saturated rings. The average Bonchev–Trinajstić information content (AvgIpc) is 2.65. The van der Waals surface area contributed by atoms with E-state index in [1.807, 2.05) is 12.1 Å². The Morgan fingerprint density at radius 1 is 1.00 bits per heavy atom. The summed E-state index contributed by atoms with van der Waals surface area (Å²) < 4.78 is 0. The van der Waals surface area contributed by atoms with Gasteiger partial charge in [0.05, 0.1) is 0 Å². The lowest BCUT2D eigenvalue weighted by molar-refractivity contribution is -0.146. The van der Waals surface area contributed by atoms with Crippen molar-refractivity contribution < 1.29 is 19.5 Å². The molecule has 2 amide bonds. The van der Waals surface area contributed by atoms with Gasteiger partial charge < -0.3 is 15.7 Å². The molecule has 1 aromatic rings. The van der Waals surface area contributed by atoms with Gasteiger partial charge in [-0.15, -0.1) is 0 Å². The van der Waals surface area contributed by atoms with Crippen LogP contribution in [0.2, 0.25) is 0 Å². The zero-order valence-corrected chi connectivity index (χ0v) is 17.2. The van der Waals surface area contributed by atoms with Crippen LogP contribution < -0.4 is 10.6 Å². The number of rotatable bonds is 6. The number of carboxylic acids is 1. The van der Waals surface area contributed by atoms with Crippen molar-refractivity contribution in [2.75, 3.05) is 0 Å². The number of carbonyl (C=O) groups excluding carboxylic acids is 2. The molecule has 0 unspecified atom stereocenters. The smallest absolute Gasteiger partial charge is 0.328 e. The molecule has 29 heavy (non-hydrogen) atoms. The lowest BCUT2D eigenvalue weighted by Gasteiger charge is -2.55. The number of hydrogen-bond acceptors (Lipinski definition) is 3. The molecule has 0 heterocycles. The molecule has 156 valence electrons. The van der Waals surface area contributed by atoms with E-state index in [-0.39, 0.29) is 11.3 Å². The van der Waals surface area contributed by atoms with Gasteiger partial charge in [-0.2, -0.15) is 0 Å². The second kappa shape index (κ2) is 7.15. The van der Waals surface area contributed by atoms with Crippen LogP contribution in [-0.4, -0.2) is 28.4 Å². The van der Waals surface area contributed by atoms with E-state index in [1.54, 1.807) is 12.1 Å². The van der Waals surface area contributed by atoms with Crippen molar-refractivity contribution in [1.82, 2.24) is 10.6 Å². The number of benzene rings is 1. The van der Waals surface area contributed by atoms with Gasteiger partial charge in [-0.1, -0.05) is 12.1 Å². The first-order chi connectivity index (χ1) is 13.7. The standard InChI is InChI=1S/C23H30N2O4/c1-22(2,21(28)29)25-19(26)18-5-3-14(4-6-18)13-24-20(27)23-10-15-7-16(11-23)9-17(8-15)12-23/h3-6,15-17H,7-13H2,1-2H3,(H,24,27)(H,25,26)(H,28,29). The minimum Gasteiger partial charge on any atom is -0.480 e. The Kier molecular flexibility index (Phi) is 4.91. The normalized spacial score (nSPS) is 30.1. The first-order valence-corrected chi connectivity index (χ1v) is 10.6. The van der Waals surface area contributed by atoms with Gasteiger partial charge >= 0.3 is 5.97 Å². The Morgan fingerprint density at radius 2 is 1.52 bits per heavy atom. The number of aliphatic carboxylic acids is 1. The lowest BCUT2D eigenvalue weighted by atomic mass is 9.49. The van der Waals surface area contributed by atoms with Gasteiger partial charge in [0, 0.05) is 17.5 Å². The van der Waals surface area contributed by atoms with Gasteiger partial charge in [0.2, 0.25) is 5.91 Å². The first kappa shape index (κ1) is 19.9. The van der Waals surface area contributed by atoms with E-state index in [1.165, 1.54) is 33.1 Å². The number of hydrogen-bond donors (Lipinski definition) is 3. The van der Waals surface area contributed by atoms with Gasteiger partial charge in [-0.3, -0.25) is 9.59 Å².